The molecule has 1 N–H and O–H groups in total. The van der Waals surface area contributed by atoms with Crippen LogP contribution in [0.1, 0.15) is 35.7 Å². The minimum Gasteiger partial charge on any atom is -0.377 e. The Kier molecular flexibility index (Phi) is 5.99. The maximum Gasteiger partial charge on any atom is 0.293 e. The summed E-state index contributed by atoms with van der Waals surface area (Å²) in [6, 6.07) is 8.41. The molecule has 3 rings (SSSR count). The fourth-order valence-electron chi connectivity index (χ4n) is 3.38. The van der Waals surface area contributed by atoms with Crippen molar-refractivity contribution in [1.29, 1.82) is 0 Å². The standard InChI is InChI=1S/C20H21F2N3O3/c1-13(26)15-3-5-19(20(11-15)25(27)28)23-16-6-8-24(9-7-16)12-14-2-4-17(21)18(22)10-14/h2-5,10-11,16,23H,6-9,12H2,1H3. The van der Waals surface area contributed by atoms with Gasteiger partial charge in [-0.25, -0.2) is 8.78 Å². The Bertz CT molecular complexity index is 896. The minimum absolute atomic E-state index is 0.0584. The molecule has 0 spiro atoms. The van der Waals surface area contributed by atoms with Crippen LogP contribution in [-0.4, -0.2) is 34.7 Å². The molecular weight excluding hydrogens is 368 g/mol. The highest BCUT2D eigenvalue weighted by atomic mass is 19.2. The summed E-state index contributed by atoms with van der Waals surface area (Å²) >= 11 is 0. The number of benzene rings is 2. The molecular formula is C20H21F2N3O3. The van der Waals surface area contributed by atoms with E-state index < -0.39 is 16.6 Å². The Morgan fingerprint density at radius 3 is 2.50 bits per heavy atom. The van der Waals surface area contributed by atoms with Gasteiger partial charge in [0.2, 0.25) is 0 Å². The van der Waals surface area contributed by atoms with Crippen molar-refractivity contribution in [3.05, 3.63) is 69.3 Å². The summed E-state index contributed by atoms with van der Waals surface area (Å²) < 4.78 is 26.4. The number of halogens is 2. The van der Waals surface area contributed by atoms with E-state index in [0.29, 0.717) is 23.4 Å². The summed E-state index contributed by atoms with van der Waals surface area (Å²) in [7, 11) is 0. The average molecular weight is 389 g/mol. The lowest BCUT2D eigenvalue weighted by Gasteiger charge is -2.32. The molecule has 0 bridgehead atoms. The van der Waals surface area contributed by atoms with E-state index in [2.05, 4.69) is 10.2 Å². The Balaban J connectivity index is 1.60. The van der Waals surface area contributed by atoms with Gasteiger partial charge >= 0.3 is 0 Å². The van der Waals surface area contributed by atoms with Gasteiger partial charge in [0, 0.05) is 37.3 Å². The molecule has 0 saturated carbocycles. The van der Waals surface area contributed by atoms with Gasteiger partial charge in [-0.05, 0) is 49.6 Å². The van der Waals surface area contributed by atoms with Gasteiger partial charge in [-0.2, -0.15) is 0 Å². The average Bonchev–Trinajstić information content (AvgIpc) is 2.66. The number of nitrogens with zero attached hydrogens (tertiary/aromatic N) is 2. The molecule has 8 heteroatoms. The van der Waals surface area contributed by atoms with Crippen LogP contribution in [0.3, 0.4) is 0 Å². The zero-order chi connectivity index (χ0) is 20.3. The smallest absolute Gasteiger partial charge is 0.293 e. The molecule has 1 saturated heterocycles. The number of likely N-dealkylation sites (tertiary alicyclic amines) is 1. The highest BCUT2D eigenvalue weighted by molar-refractivity contribution is 5.95. The Labute approximate surface area is 161 Å². The van der Waals surface area contributed by atoms with Gasteiger partial charge in [-0.15, -0.1) is 0 Å². The van der Waals surface area contributed by atoms with E-state index in [1.54, 1.807) is 18.2 Å². The zero-order valence-electron chi connectivity index (χ0n) is 15.5. The van der Waals surface area contributed by atoms with Crippen LogP contribution in [0.4, 0.5) is 20.2 Å². The summed E-state index contributed by atoms with van der Waals surface area (Å²) in [6.45, 7) is 3.36. The summed E-state index contributed by atoms with van der Waals surface area (Å²) in [4.78, 5) is 24.4. The highest BCUT2D eigenvalue weighted by Crippen LogP contribution is 2.28. The second-order valence-electron chi connectivity index (χ2n) is 6.99. The molecule has 28 heavy (non-hydrogen) atoms. The first-order chi connectivity index (χ1) is 13.3. The molecule has 1 heterocycles. The van der Waals surface area contributed by atoms with Crippen LogP contribution in [0.25, 0.3) is 0 Å². The highest BCUT2D eigenvalue weighted by Gasteiger charge is 2.23. The van der Waals surface area contributed by atoms with Crippen LogP contribution in [0.2, 0.25) is 0 Å². The van der Waals surface area contributed by atoms with Gasteiger partial charge in [0.1, 0.15) is 5.69 Å². The maximum atomic E-state index is 13.3. The second-order valence-corrected chi connectivity index (χ2v) is 6.99. The quantitative estimate of drug-likeness (QED) is 0.456. The molecule has 0 aliphatic carbocycles. The number of nitrogens with one attached hydrogen (secondary N) is 1. The Morgan fingerprint density at radius 2 is 1.89 bits per heavy atom. The van der Waals surface area contributed by atoms with Crippen molar-refractivity contribution in [2.75, 3.05) is 18.4 Å². The molecule has 1 aliphatic rings. The van der Waals surface area contributed by atoms with Crippen LogP contribution in [0.15, 0.2) is 36.4 Å². The second kappa shape index (κ2) is 8.43. The lowest BCUT2D eigenvalue weighted by Crippen LogP contribution is -2.38. The van der Waals surface area contributed by atoms with Crippen LogP contribution >= 0.6 is 0 Å². The molecule has 0 unspecified atom stereocenters. The topological polar surface area (TPSA) is 75.5 Å². The third kappa shape index (κ3) is 4.69. The van der Waals surface area contributed by atoms with Crippen molar-refractivity contribution in [2.45, 2.75) is 32.4 Å². The van der Waals surface area contributed by atoms with Gasteiger partial charge < -0.3 is 5.32 Å². The van der Waals surface area contributed by atoms with Crippen molar-refractivity contribution in [2.24, 2.45) is 0 Å². The predicted molar refractivity (Wildman–Crippen MR) is 101 cm³/mol. The Hall–Kier alpha value is -2.87. The van der Waals surface area contributed by atoms with E-state index >= 15 is 0 Å². The Morgan fingerprint density at radius 1 is 1.18 bits per heavy atom. The number of carbonyl (C=O) groups excluding carboxylic acids is 1. The molecule has 0 amide bonds. The van der Waals surface area contributed by atoms with Crippen molar-refractivity contribution in [3.8, 4) is 0 Å². The zero-order valence-corrected chi connectivity index (χ0v) is 15.5. The van der Waals surface area contributed by atoms with E-state index in [0.717, 1.165) is 32.0 Å². The number of hydrogen-bond donors (Lipinski definition) is 1. The largest absolute Gasteiger partial charge is 0.377 e. The van der Waals surface area contributed by atoms with E-state index in [4.69, 9.17) is 0 Å². The predicted octanol–water partition coefficient (Wildman–Crippen LogP) is 4.15. The number of carbonyl (C=O) groups is 1. The molecule has 1 aliphatic heterocycles. The first-order valence-electron chi connectivity index (χ1n) is 9.05. The number of rotatable bonds is 6. The fourth-order valence-corrected chi connectivity index (χ4v) is 3.38. The molecule has 2 aromatic carbocycles. The van der Waals surface area contributed by atoms with E-state index in [9.17, 15) is 23.7 Å². The number of piperidine rings is 1. The van der Waals surface area contributed by atoms with Crippen LogP contribution < -0.4 is 5.32 Å². The van der Waals surface area contributed by atoms with Crippen molar-refractivity contribution in [3.63, 3.8) is 0 Å². The molecule has 0 radical (unpaired) electrons. The first-order valence-corrected chi connectivity index (χ1v) is 9.05. The van der Waals surface area contributed by atoms with E-state index in [-0.39, 0.29) is 17.5 Å². The fraction of sp³-hybridized carbons (Fsp3) is 0.350. The SMILES string of the molecule is CC(=O)c1ccc(NC2CCN(Cc3ccc(F)c(F)c3)CC2)c([N+](=O)[O-])c1. The lowest BCUT2D eigenvalue weighted by molar-refractivity contribution is -0.384. The van der Waals surface area contributed by atoms with Gasteiger partial charge in [-0.1, -0.05) is 6.07 Å². The summed E-state index contributed by atoms with van der Waals surface area (Å²) in [5.41, 5.74) is 1.30. The number of nitro benzene ring substituents is 1. The van der Waals surface area contributed by atoms with Gasteiger partial charge in [0.05, 0.1) is 4.92 Å². The van der Waals surface area contributed by atoms with E-state index in [1.165, 1.54) is 19.1 Å². The molecule has 0 aromatic heterocycles. The number of nitro groups is 1. The molecule has 148 valence electrons. The molecule has 0 atom stereocenters. The number of anilines is 1. The minimum atomic E-state index is -0.857. The monoisotopic (exact) mass is 389 g/mol. The van der Waals surface area contributed by atoms with Crippen molar-refractivity contribution in [1.82, 2.24) is 4.90 Å². The van der Waals surface area contributed by atoms with Gasteiger partial charge in [0.15, 0.2) is 17.4 Å². The van der Waals surface area contributed by atoms with Crippen LogP contribution in [0.5, 0.6) is 0 Å². The van der Waals surface area contributed by atoms with Gasteiger partial charge in [0.25, 0.3) is 5.69 Å². The van der Waals surface area contributed by atoms with Crippen LogP contribution in [0, 0.1) is 21.7 Å². The third-order valence-corrected chi connectivity index (χ3v) is 4.94. The summed E-state index contributed by atoms with van der Waals surface area (Å²) in [6.07, 6.45) is 1.52. The van der Waals surface area contributed by atoms with Crippen molar-refractivity contribution >= 4 is 17.2 Å². The molecule has 6 nitrogen and oxygen atoms in total. The number of Topliss-reactive ketones (excluding diaryl/α,β-unsaturated/α-hetero) is 1. The first kappa shape index (κ1) is 19.9. The van der Waals surface area contributed by atoms with E-state index in [1.807, 2.05) is 0 Å². The number of hydrogen-bond acceptors (Lipinski definition) is 5. The molecule has 1 fully saturated rings. The molecule has 2 aromatic rings. The van der Waals surface area contributed by atoms with Crippen LogP contribution in [-0.2, 0) is 6.54 Å². The summed E-state index contributed by atoms with van der Waals surface area (Å²) in [5.74, 6) is -1.93. The summed E-state index contributed by atoms with van der Waals surface area (Å²) in [5, 5.41) is 14.5. The third-order valence-electron chi connectivity index (χ3n) is 4.94. The normalized spacial score (nSPS) is 15.4. The number of ketones is 1. The maximum absolute atomic E-state index is 13.3. The van der Waals surface area contributed by atoms with Crippen molar-refractivity contribution < 1.29 is 18.5 Å². The lowest BCUT2D eigenvalue weighted by atomic mass is 10.0. The van der Waals surface area contributed by atoms with Gasteiger partial charge in [-0.3, -0.25) is 19.8 Å².